The highest BCUT2D eigenvalue weighted by molar-refractivity contribution is 5.94. The molecule has 0 radical (unpaired) electrons. The van der Waals surface area contributed by atoms with E-state index in [4.69, 9.17) is 5.73 Å². The number of carbonyl (C=O) groups excluding carboxylic acids is 3. The van der Waals surface area contributed by atoms with E-state index < -0.39 is 17.1 Å². The van der Waals surface area contributed by atoms with Gasteiger partial charge in [-0.15, -0.1) is 0 Å². The van der Waals surface area contributed by atoms with Gasteiger partial charge in [0.1, 0.15) is 0 Å². The van der Waals surface area contributed by atoms with Gasteiger partial charge in [0, 0.05) is 42.8 Å². The van der Waals surface area contributed by atoms with Gasteiger partial charge in [-0.05, 0) is 152 Å². The Labute approximate surface area is 420 Å². The first-order chi connectivity index (χ1) is 34.0. The lowest BCUT2D eigenvalue weighted by Gasteiger charge is -2.52. The molecule has 2 heterocycles. The van der Waals surface area contributed by atoms with Crippen molar-refractivity contribution in [3.63, 3.8) is 0 Å². The van der Waals surface area contributed by atoms with Gasteiger partial charge >= 0.3 is 12.1 Å². The third-order valence-corrected chi connectivity index (χ3v) is 18.1. The Morgan fingerprint density at radius 1 is 0.563 bits per heavy atom. The van der Waals surface area contributed by atoms with Crippen LogP contribution in [-0.4, -0.2) is 134 Å². The second kappa shape index (κ2) is 19.7. The molecule has 0 unspecified atom stereocenters. The smallest absolute Gasteiger partial charge is 0.321 e. The summed E-state index contributed by atoms with van der Waals surface area (Å²) in [5.41, 5.74) is 8.64. The maximum Gasteiger partial charge on any atom is 0.321 e. The Bertz CT molecular complexity index is 2590. The van der Waals surface area contributed by atoms with Crippen LogP contribution in [0.5, 0.6) is 0 Å². The van der Waals surface area contributed by atoms with Crippen LogP contribution in [0, 0.1) is 11.3 Å². The van der Waals surface area contributed by atoms with E-state index in [1.54, 1.807) is 12.1 Å². The molecule has 4 N–H and O–H groups in total. The molecule has 10 rings (SSSR count). The van der Waals surface area contributed by atoms with E-state index in [0.717, 1.165) is 101 Å². The van der Waals surface area contributed by atoms with Crippen LogP contribution in [0.4, 0.5) is 9.59 Å². The number of aliphatic hydroxyl groups is 2. The van der Waals surface area contributed by atoms with Crippen molar-refractivity contribution in [1.29, 1.82) is 5.26 Å². The second-order valence-electron chi connectivity index (χ2n) is 22.4. The zero-order valence-electron chi connectivity index (χ0n) is 42.4. The van der Waals surface area contributed by atoms with E-state index in [-0.39, 0.29) is 34.2 Å². The van der Waals surface area contributed by atoms with Gasteiger partial charge in [0.25, 0.3) is 0 Å². The fraction of sp³-hybridized carbons (Fsp3) is 0.517. The van der Waals surface area contributed by atoms with Crippen molar-refractivity contribution < 1.29 is 24.6 Å². The summed E-state index contributed by atoms with van der Waals surface area (Å²) in [7, 11) is 8.61. The van der Waals surface area contributed by atoms with Crippen LogP contribution in [0.15, 0.2) is 109 Å². The van der Waals surface area contributed by atoms with Crippen LogP contribution in [0.3, 0.4) is 0 Å². The van der Waals surface area contributed by atoms with E-state index in [1.165, 1.54) is 11.1 Å². The second-order valence-corrected chi connectivity index (χ2v) is 22.4. The highest BCUT2D eigenvalue weighted by Gasteiger charge is 2.58. The van der Waals surface area contributed by atoms with Gasteiger partial charge in [0.05, 0.1) is 47.0 Å². The molecule has 376 valence electrons. The average Bonchev–Trinajstić information content (AvgIpc) is 3.74. The minimum absolute atomic E-state index is 0.00451. The first-order valence-corrected chi connectivity index (χ1v) is 25.9. The predicted octanol–water partition coefficient (Wildman–Crippen LogP) is 8.19. The van der Waals surface area contributed by atoms with Crippen molar-refractivity contribution in [1.82, 2.24) is 29.4 Å². The fourth-order valence-corrected chi connectivity index (χ4v) is 13.2. The van der Waals surface area contributed by atoms with Crippen molar-refractivity contribution in [3.05, 3.63) is 143 Å². The summed E-state index contributed by atoms with van der Waals surface area (Å²) in [6.45, 7) is 2.78. The summed E-state index contributed by atoms with van der Waals surface area (Å²) >= 11 is 0. The van der Waals surface area contributed by atoms with Gasteiger partial charge in [0.2, 0.25) is 5.91 Å². The summed E-state index contributed by atoms with van der Waals surface area (Å²) in [4.78, 5) is 52.1. The first-order valence-electron chi connectivity index (χ1n) is 25.9. The van der Waals surface area contributed by atoms with Crippen LogP contribution >= 0.6 is 0 Å². The quantitative estimate of drug-likeness (QED) is 0.121. The molecule has 0 atom stereocenters. The number of nitriles is 1. The summed E-state index contributed by atoms with van der Waals surface area (Å²) in [5, 5.41) is 31.7. The molecule has 71 heavy (non-hydrogen) atoms. The third-order valence-electron chi connectivity index (χ3n) is 18.1. The Morgan fingerprint density at radius 2 is 0.944 bits per heavy atom. The molecule has 4 aromatic rings. The Balaban J connectivity index is 0.000000176. The lowest BCUT2D eigenvalue weighted by Crippen LogP contribution is -2.59. The molecular weight excluding hydrogens is 889 g/mol. The molecule has 13 nitrogen and oxygen atoms in total. The van der Waals surface area contributed by atoms with Crippen LogP contribution in [0.1, 0.15) is 128 Å². The van der Waals surface area contributed by atoms with Gasteiger partial charge in [-0.3, -0.25) is 14.6 Å². The standard InChI is InChI=1S/C29H38N4O3.C29H36N4O2/c1-31(2)29(23-10-4-3-5-11-23)17-15-27(16-18-29)20-32(19-22-9-6-7-12-24(22)25(30)34)26(35)33(27)21-28(36)13-8-14-28;1-31(2)29(25-11-4-3-5-12-25)17-15-27(16-18-29)21-32(20-24-10-7-6-9-23(24)19-30)26(34)33(27)22-28(35)13-8-14-28/h3-7,9-12,36H,8,13-21H2,1-2H3,(H2,30,34);3-7,9-12,35H,8,13-18,20-22H2,1-2H3. The minimum Gasteiger partial charge on any atom is -0.388 e. The SMILES string of the molecule is CN(C)C1(c2ccccc2)CCC2(CC1)CN(Cc1ccccc1C#N)C(=O)N2CC1(O)CCC1.CN(C)C1(c2ccccc2)CCC2(CC1)CN(Cc1ccccc1C(N)=O)C(=O)N2CC1(O)CCC1. The number of β-amino-alcohol motifs (C(OH)–C–C–N with tert-alkyl or cyclic N) is 2. The molecule has 4 aliphatic carbocycles. The third kappa shape index (κ3) is 9.45. The minimum atomic E-state index is -0.792. The molecule has 13 heteroatoms. The Hall–Kier alpha value is -5.78. The number of hydrogen-bond acceptors (Lipinski definition) is 8. The van der Waals surface area contributed by atoms with Crippen LogP contribution in [0.25, 0.3) is 0 Å². The van der Waals surface area contributed by atoms with Crippen molar-refractivity contribution in [3.8, 4) is 6.07 Å². The van der Waals surface area contributed by atoms with E-state index in [2.05, 4.69) is 105 Å². The zero-order chi connectivity index (χ0) is 50.2. The number of hydrogen-bond donors (Lipinski definition) is 3. The lowest BCUT2D eigenvalue weighted by molar-refractivity contribution is -0.0726. The van der Waals surface area contributed by atoms with Crippen molar-refractivity contribution in [2.75, 3.05) is 54.4 Å². The van der Waals surface area contributed by atoms with Crippen LogP contribution in [0.2, 0.25) is 0 Å². The van der Waals surface area contributed by atoms with Gasteiger partial charge < -0.3 is 35.5 Å². The zero-order valence-corrected chi connectivity index (χ0v) is 42.4. The van der Waals surface area contributed by atoms with Crippen molar-refractivity contribution in [2.45, 2.75) is 136 Å². The maximum absolute atomic E-state index is 13.9. The highest BCUT2D eigenvalue weighted by Crippen LogP contribution is 2.52. The number of benzene rings is 4. The molecule has 5 amide bonds. The van der Waals surface area contributed by atoms with Gasteiger partial charge in [-0.1, -0.05) is 97.1 Å². The van der Waals surface area contributed by atoms with Crippen molar-refractivity contribution in [2.24, 2.45) is 5.73 Å². The maximum atomic E-state index is 13.9. The molecule has 4 aromatic carbocycles. The number of carbonyl (C=O) groups is 3. The van der Waals surface area contributed by atoms with E-state index in [0.29, 0.717) is 50.4 Å². The van der Waals surface area contributed by atoms with Crippen molar-refractivity contribution >= 4 is 18.0 Å². The molecule has 4 saturated carbocycles. The number of rotatable bonds is 13. The summed E-state index contributed by atoms with van der Waals surface area (Å²) in [5.74, 6) is -0.483. The number of urea groups is 2. The first kappa shape index (κ1) is 50.2. The monoisotopic (exact) mass is 963 g/mol. The largest absolute Gasteiger partial charge is 0.388 e. The normalized spacial score (nSPS) is 27.6. The Morgan fingerprint density at radius 3 is 1.32 bits per heavy atom. The molecule has 2 saturated heterocycles. The summed E-state index contributed by atoms with van der Waals surface area (Å²) in [6.07, 6.45) is 12.3. The Kier molecular flexibility index (Phi) is 13.9. The fourth-order valence-electron chi connectivity index (χ4n) is 13.2. The van der Waals surface area contributed by atoms with E-state index in [1.807, 2.05) is 56.0 Å². The van der Waals surface area contributed by atoms with Gasteiger partial charge in [-0.2, -0.15) is 5.26 Å². The molecule has 6 aliphatic rings. The predicted molar refractivity (Wildman–Crippen MR) is 275 cm³/mol. The summed E-state index contributed by atoms with van der Waals surface area (Å²) < 4.78 is 0. The molecule has 2 aliphatic heterocycles. The molecule has 2 spiro atoms. The lowest BCUT2D eigenvalue weighted by atomic mass is 9.67. The number of amides is 5. The van der Waals surface area contributed by atoms with Gasteiger partial charge in [0.15, 0.2) is 0 Å². The summed E-state index contributed by atoms with van der Waals surface area (Å²) in [6, 6.07) is 38.4. The molecule has 0 aromatic heterocycles. The number of primary amides is 1. The van der Waals surface area contributed by atoms with Crippen LogP contribution < -0.4 is 5.73 Å². The number of nitrogens with two attached hydrogens (primary N) is 1. The average molecular weight is 963 g/mol. The van der Waals surface area contributed by atoms with E-state index >= 15 is 0 Å². The van der Waals surface area contributed by atoms with E-state index in [9.17, 15) is 29.9 Å². The highest BCUT2D eigenvalue weighted by atomic mass is 16.3. The topological polar surface area (TPSA) is 161 Å². The molecular formula is C58H74N8O5. The number of nitrogens with zero attached hydrogens (tertiary/aromatic N) is 7. The molecule has 0 bridgehead atoms. The molecule has 6 fully saturated rings. The van der Waals surface area contributed by atoms with Gasteiger partial charge in [-0.25, -0.2) is 9.59 Å². The van der Waals surface area contributed by atoms with Crippen LogP contribution in [-0.2, 0) is 24.2 Å².